The minimum absolute atomic E-state index is 0.0856. The Morgan fingerprint density at radius 2 is 2.14 bits per heavy atom. The van der Waals surface area contributed by atoms with Crippen LogP contribution in [0.1, 0.15) is 17.0 Å². The van der Waals surface area contributed by atoms with Crippen molar-refractivity contribution in [1.29, 1.82) is 0 Å². The number of anilines is 2. The fourth-order valence-corrected chi connectivity index (χ4v) is 2.50. The summed E-state index contributed by atoms with van der Waals surface area (Å²) in [6.45, 7) is 5.05. The highest BCUT2D eigenvalue weighted by Gasteiger charge is 2.16. The third-order valence-electron chi connectivity index (χ3n) is 3.98. The Morgan fingerprint density at radius 1 is 1.33 bits per heavy atom. The summed E-state index contributed by atoms with van der Waals surface area (Å²) >= 11 is 0. The smallest absolute Gasteiger partial charge is 0.262 e. The molecular weight excluding hydrogens is 266 g/mol. The predicted octanol–water partition coefficient (Wildman–Crippen LogP) is 2.58. The first-order valence-corrected chi connectivity index (χ1v) is 6.97. The van der Waals surface area contributed by atoms with Gasteiger partial charge in [-0.25, -0.2) is 0 Å². The molecule has 5 heteroatoms. The highest BCUT2D eigenvalue weighted by atomic mass is 16.5. The first-order chi connectivity index (χ1) is 10.0. The molecular formula is C16H19N3O2. The molecule has 2 aromatic rings. The molecule has 1 aliphatic rings. The number of aryl methyl sites for hydroxylation is 1. The molecule has 21 heavy (non-hydrogen) atoms. The van der Waals surface area contributed by atoms with Crippen LogP contribution in [-0.4, -0.2) is 17.1 Å². The molecule has 0 bridgehead atoms. The summed E-state index contributed by atoms with van der Waals surface area (Å²) in [6, 6.07) is 7.92. The second-order valence-corrected chi connectivity index (χ2v) is 5.36. The predicted molar refractivity (Wildman–Crippen MR) is 82.8 cm³/mol. The van der Waals surface area contributed by atoms with Gasteiger partial charge in [-0.15, -0.1) is 0 Å². The number of hydrogen-bond donors (Lipinski definition) is 2. The highest BCUT2D eigenvalue weighted by molar-refractivity contribution is 5.96. The maximum absolute atomic E-state index is 11.3. The maximum atomic E-state index is 11.3. The molecule has 0 unspecified atom stereocenters. The topological polar surface area (TPSA) is 55.3 Å². The molecule has 1 aliphatic heterocycles. The molecule has 0 spiro atoms. The minimum Gasteiger partial charge on any atom is -0.482 e. The quantitative estimate of drug-likeness (QED) is 0.911. The van der Waals surface area contributed by atoms with Crippen LogP contribution in [0, 0.1) is 13.8 Å². The normalized spacial score (nSPS) is 13.4. The van der Waals surface area contributed by atoms with Gasteiger partial charge in [0.1, 0.15) is 5.75 Å². The molecule has 2 heterocycles. The van der Waals surface area contributed by atoms with E-state index in [2.05, 4.69) is 42.2 Å². The van der Waals surface area contributed by atoms with E-state index in [9.17, 15) is 4.79 Å². The van der Waals surface area contributed by atoms with Crippen molar-refractivity contribution >= 4 is 17.3 Å². The first kappa shape index (κ1) is 13.5. The molecule has 1 aromatic carbocycles. The second kappa shape index (κ2) is 5.16. The number of fused-ring (bicyclic) bond motifs is 1. The zero-order valence-electron chi connectivity index (χ0n) is 12.5. The van der Waals surface area contributed by atoms with E-state index in [4.69, 9.17) is 4.74 Å². The fraction of sp³-hybridized carbons (Fsp3) is 0.312. The fourth-order valence-electron chi connectivity index (χ4n) is 2.50. The van der Waals surface area contributed by atoms with Crippen molar-refractivity contribution < 1.29 is 9.53 Å². The summed E-state index contributed by atoms with van der Waals surface area (Å²) in [6.07, 6.45) is 0. The number of hydrogen-bond acceptors (Lipinski definition) is 3. The number of benzene rings is 1. The van der Waals surface area contributed by atoms with E-state index in [1.165, 1.54) is 17.0 Å². The van der Waals surface area contributed by atoms with Gasteiger partial charge in [-0.2, -0.15) is 0 Å². The van der Waals surface area contributed by atoms with Gasteiger partial charge in [-0.3, -0.25) is 4.79 Å². The average Bonchev–Trinajstić information content (AvgIpc) is 2.72. The Hall–Kier alpha value is -2.43. The lowest BCUT2D eigenvalue weighted by molar-refractivity contribution is -0.118. The van der Waals surface area contributed by atoms with E-state index in [-0.39, 0.29) is 12.5 Å². The van der Waals surface area contributed by atoms with E-state index >= 15 is 0 Å². The summed E-state index contributed by atoms with van der Waals surface area (Å²) in [5.74, 6) is 0.598. The SMILES string of the molecule is Cc1cc(CNc2ccc3c(c2)NC(=O)CO3)c(C)n1C. The van der Waals surface area contributed by atoms with Gasteiger partial charge in [0.25, 0.3) is 5.91 Å². The van der Waals surface area contributed by atoms with Crippen molar-refractivity contribution in [2.75, 3.05) is 17.2 Å². The van der Waals surface area contributed by atoms with Crippen molar-refractivity contribution in [3.8, 4) is 5.75 Å². The number of nitrogens with one attached hydrogen (secondary N) is 2. The van der Waals surface area contributed by atoms with Gasteiger partial charge in [-0.1, -0.05) is 0 Å². The van der Waals surface area contributed by atoms with Crippen molar-refractivity contribution in [3.05, 3.63) is 41.2 Å². The standard InChI is InChI=1S/C16H19N3O2/c1-10-6-12(11(2)19(10)3)8-17-13-4-5-15-14(7-13)18-16(20)9-21-15/h4-7,17H,8-9H2,1-3H3,(H,18,20). The van der Waals surface area contributed by atoms with Gasteiger partial charge in [0, 0.05) is 30.7 Å². The van der Waals surface area contributed by atoms with Crippen LogP contribution in [0.5, 0.6) is 5.75 Å². The summed E-state index contributed by atoms with van der Waals surface area (Å²) in [7, 11) is 2.07. The molecule has 1 amide bonds. The van der Waals surface area contributed by atoms with Crippen LogP contribution in [0.4, 0.5) is 11.4 Å². The number of ether oxygens (including phenoxy) is 1. The third kappa shape index (κ3) is 2.59. The van der Waals surface area contributed by atoms with Crippen LogP contribution in [0.3, 0.4) is 0 Å². The zero-order valence-corrected chi connectivity index (χ0v) is 12.5. The van der Waals surface area contributed by atoms with Crippen molar-refractivity contribution in [2.24, 2.45) is 7.05 Å². The van der Waals surface area contributed by atoms with E-state index in [1.807, 2.05) is 18.2 Å². The van der Waals surface area contributed by atoms with Crippen molar-refractivity contribution in [1.82, 2.24) is 4.57 Å². The Morgan fingerprint density at radius 3 is 2.86 bits per heavy atom. The van der Waals surface area contributed by atoms with E-state index in [0.29, 0.717) is 5.75 Å². The molecule has 0 saturated carbocycles. The zero-order chi connectivity index (χ0) is 15.0. The largest absolute Gasteiger partial charge is 0.482 e. The molecule has 1 aromatic heterocycles. The molecule has 3 rings (SSSR count). The van der Waals surface area contributed by atoms with Crippen LogP contribution in [-0.2, 0) is 18.4 Å². The van der Waals surface area contributed by atoms with Gasteiger partial charge in [-0.05, 0) is 43.7 Å². The van der Waals surface area contributed by atoms with Crippen LogP contribution in [0.15, 0.2) is 24.3 Å². The van der Waals surface area contributed by atoms with Crippen LogP contribution >= 0.6 is 0 Å². The van der Waals surface area contributed by atoms with Gasteiger partial charge in [0.05, 0.1) is 5.69 Å². The lowest BCUT2D eigenvalue weighted by Gasteiger charge is -2.18. The molecule has 2 N–H and O–H groups in total. The molecule has 0 aliphatic carbocycles. The molecule has 0 radical (unpaired) electrons. The number of nitrogens with zero attached hydrogens (tertiary/aromatic N) is 1. The minimum atomic E-state index is -0.117. The number of rotatable bonds is 3. The summed E-state index contributed by atoms with van der Waals surface area (Å²) in [5, 5.41) is 6.20. The molecule has 0 atom stereocenters. The number of carbonyl (C=O) groups excluding carboxylic acids is 1. The van der Waals surface area contributed by atoms with Crippen LogP contribution in [0.2, 0.25) is 0 Å². The Labute approximate surface area is 123 Å². The summed E-state index contributed by atoms with van der Waals surface area (Å²) < 4.78 is 7.53. The lowest BCUT2D eigenvalue weighted by Crippen LogP contribution is -2.25. The van der Waals surface area contributed by atoms with Gasteiger partial charge in [0.15, 0.2) is 6.61 Å². The van der Waals surface area contributed by atoms with Gasteiger partial charge < -0.3 is 19.9 Å². The van der Waals surface area contributed by atoms with Crippen molar-refractivity contribution in [2.45, 2.75) is 20.4 Å². The third-order valence-corrected chi connectivity index (χ3v) is 3.98. The van der Waals surface area contributed by atoms with E-state index < -0.39 is 0 Å². The maximum Gasteiger partial charge on any atom is 0.262 e. The lowest BCUT2D eigenvalue weighted by atomic mass is 10.2. The molecule has 110 valence electrons. The number of carbonyl (C=O) groups is 1. The Balaban J connectivity index is 1.75. The average molecular weight is 285 g/mol. The highest BCUT2D eigenvalue weighted by Crippen LogP contribution is 2.30. The van der Waals surface area contributed by atoms with E-state index in [0.717, 1.165) is 17.9 Å². The van der Waals surface area contributed by atoms with Gasteiger partial charge in [0.2, 0.25) is 0 Å². The second-order valence-electron chi connectivity index (χ2n) is 5.36. The summed E-state index contributed by atoms with van der Waals surface area (Å²) in [5.41, 5.74) is 5.45. The Bertz CT molecular complexity index is 704. The van der Waals surface area contributed by atoms with Crippen molar-refractivity contribution in [3.63, 3.8) is 0 Å². The van der Waals surface area contributed by atoms with Crippen LogP contribution in [0.25, 0.3) is 0 Å². The van der Waals surface area contributed by atoms with Gasteiger partial charge >= 0.3 is 0 Å². The molecule has 0 fully saturated rings. The van der Waals surface area contributed by atoms with E-state index in [1.54, 1.807) is 0 Å². The van der Waals surface area contributed by atoms with Crippen LogP contribution < -0.4 is 15.4 Å². The number of aromatic nitrogens is 1. The summed E-state index contributed by atoms with van der Waals surface area (Å²) in [4.78, 5) is 11.3. The monoisotopic (exact) mass is 285 g/mol. The Kier molecular flexibility index (Phi) is 3.33. The molecule has 0 saturated heterocycles. The molecule has 5 nitrogen and oxygen atoms in total. The first-order valence-electron chi connectivity index (χ1n) is 6.97. The number of amides is 1.